The zero-order valence-electron chi connectivity index (χ0n) is 20.1. The number of methoxy groups -OCH3 is 5. The second kappa shape index (κ2) is 8.72. The van der Waals surface area contributed by atoms with Gasteiger partial charge in [-0.15, -0.1) is 0 Å². The highest BCUT2D eigenvalue weighted by molar-refractivity contribution is 6.06. The zero-order valence-corrected chi connectivity index (χ0v) is 20.1. The summed E-state index contributed by atoms with van der Waals surface area (Å²) in [6, 6.07) is 11.0. The summed E-state index contributed by atoms with van der Waals surface area (Å²) in [7, 11) is 7.99. The van der Waals surface area contributed by atoms with Gasteiger partial charge in [-0.2, -0.15) is 0 Å². The molecule has 0 amide bonds. The van der Waals surface area contributed by atoms with Crippen LogP contribution in [0.3, 0.4) is 0 Å². The number of fused-ring (bicyclic) bond motifs is 2. The van der Waals surface area contributed by atoms with Crippen molar-refractivity contribution in [2.75, 3.05) is 35.5 Å². The molecule has 2 aromatic heterocycles. The molecule has 0 aliphatic carbocycles. The second-order valence-corrected chi connectivity index (χ2v) is 7.93. The first-order valence-electron chi connectivity index (χ1n) is 10.9. The highest BCUT2D eigenvalue weighted by atomic mass is 16.5. The molecule has 2 heterocycles. The maximum atomic E-state index is 10.1. The van der Waals surface area contributed by atoms with Crippen molar-refractivity contribution < 1.29 is 28.8 Å². The largest absolute Gasteiger partial charge is 0.508 e. The molecule has 0 atom stereocenters. The predicted octanol–water partition coefficient (Wildman–Crippen LogP) is 5.73. The van der Waals surface area contributed by atoms with Gasteiger partial charge in [-0.25, -0.2) is 0 Å². The van der Waals surface area contributed by atoms with Gasteiger partial charge in [-0.1, -0.05) is 0 Å². The number of hydrogen-bond donors (Lipinski definition) is 3. The molecule has 0 spiro atoms. The average molecular weight is 475 g/mol. The number of aromatic amines is 2. The standard InChI is InChI=1S/C27H26N2O6/c1-31-15-7-8-16-18(12-29-21(16)11-15)22-24(32-2)26(34-4)23(27(35-5)25(22)33-3)19-13-28-20-9-6-14(30)10-17(19)20/h6-13,28-30H,1-5H3. The van der Waals surface area contributed by atoms with Crippen LogP contribution < -0.4 is 23.7 Å². The van der Waals surface area contributed by atoms with Gasteiger partial charge in [0.1, 0.15) is 11.5 Å². The van der Waals surface area contributed by atoms with Crippen molar-refractivity contribution in [2.24, 2.45) is 0 Å². The van der Waals surface area contributed by atoms with Gasteiger partial charge < -0.3 is 38.8 Å². The lowest BCUT2D eigenvalue weighted by molar-refractivity contribution is 0.333. The minimum Gasteiger partial charge on any atom is -0.508 e. The van der Waals surface area contributed by atoms with Crippen LogP contribution in [0.25, 0.3) is 44.1 Å². The number of benzene rings is 3. The molecule has 0 fully saturated rings. The van der Waals surface area contributed by atoms with Gasteiger partial charge in [-0.3, -0.25) is 0 Å². The Morgan fingerprint density at radius 2 is 1.11 bits per heavy atom. The Morgan fingerprint density at radius 3 is 1.66 bits per heavy atom. The number of nitrogens with one attached hydrogen (secondary N) is 2. The van der Waals surface area contributed by atoms with E-state index in [1.165, 1.54) is 0 Å². The topological polar surface area (TPSA) is 98.0 Å². The van der Waals surface area contributed by atoms with E-state index in [0.717, 1.165) is 38.7 Å². The molecule has 8 nitrogen and oxygen atoms in total. The van der Waals surface area contributed by atoms with E-state index >= 15 is 0 Å². The molecule has 0 aliphatic heterocycles. The highest BCUT2D eigenvalue weighted by Crippen LogP contribution is 2.58. The summed E-state index contributed by atoms with van der Waals surface area (Å²) in [5, 5.41) is 11.9. The summed E-state index contributed by atoms with van der Waals surface area (Å²) in [4.78, 5) is 6.55. The van der Waals surface area contributed by atoms with Crippen LogP contribution >= 0.6 is 0 Å². The summed E-state index contributed by atoms with van der Waals surface area (Å²) < 4.78 is 29.1. The van der Waals surface area contributed by atoms with Crippen LogP contribution in [0.15, 0.2) is 48.8 Å². The molecule has 0 aliphatic rings. The molecular weight excluding hydrogens is 448 g/mol. The van der Waals surface area contributed by atoms with Crippen LogP contribution in [0.4, 0.5) is 0 Å². The van der Waals surface area contributed by atoms with Gasteiger partial charge in [0.05, 0.1) is 46.7 Å². The van der Waals surface area contributed by atoms with Crippen molar-refractivity contribution in [1.29, 1.82) is 0 Å². The monoisotopic (exact) mass is 474 g/mol. The minimum atomic E-state index is 0.154. The molecule has 180 valence electrons. The van der Waals surface area contributed by atoms with Gasteiger partial charge in [0.15, 0.2) is 23.0 Å². The third kappa shape index (κ3) is 3.37. The maximum Gasteiger partial charge on any atom is 0.173 e. The fourth-order valence-corrected chi connectivity index (χ4v) is 4.68. The van der Waals surface area contributed by atoms with Crippen molar-refractivity contribution in [3.05, 3.63) is 48.8 Å². The number of aromatic nitrogens is 2. The van der Waals surface area contributed by atoms with E-state index in [9.17, 15) is 5.11 Å². The number of ether oxygens (including phenoxy) is 5. The van der Waals surface area contributed by atoms with E-state index in [1.807, 2.05) is 36.7 Å². The Hall–Kier alpha value is -4.46. The van der Waals surface area contributed by atoms with E-state index in [1.54, 1.807) is 47.7 Å². The molecule has 0 saturated heterocycles. The lowest BCUT2D eigenvalue weighted by atomic mass is 9.94. The van der Waals surface area contributed by atoms with Crippen LogP contribution in [0.1, 0.15) is 0 Å². The Bertz CT molecular complexity index is 1520. The lowest BCUT2D eigenvalue weighted by Crippen LogP contribution is -2.02. The SMILES string of the molecule is COc1ccc2c(-c3c(OC)c(OC)c(-c4c[nH]c5ccc(O)cc45)c(OC)c3OC)c[nH]c2c1. The summed E-state index contributed by atoms with van der Waals surface area (Å²) in [6.07, 6.45) is 3.74. The molecular formula is C27H26N2O6. The van der Waals surface area contributed by atoms with Gasteiger partial charge in [0, 0.05) is 51.4 Å². The molecule has 0 radical (unpaired) electrons. The Kier molecular flexibility index (Phi) is 5.56. The number of phenolic OH excluding ortho intramolecular Hbond substituents is 1. The molecule has 3 aromatic carbocycles. The van der Waals surface area contributed by atoms with Gasteiger partial charge in [0.25, 0.3) is 0 Å². The number of aromatic hydroxyl groups is 1. The van der Waals surface area contributed by atoms with Crippen molar-refractivity contribution in [1.82, 2.24) is 9.97 Å². The molecule has 35 heavy (non-hydrogen) atoms. The fourth-order valence-electron chi connectivity index (χ4n) is 4.68. The van der Waals surface area contributed by atoms with Crippen molar-refractivity contribution in [2.45, 2.75) is 0 Å². The number of H-pyrrole nitrogens is 2. The quantitative estimate of drug-likeness (QED) is 0.279. The van der Waals surface area contributed by atoms with Crippen LogP contribution in [0.5, 0.6) is 34.5 Å². The first kappa shape index (κ1) is 22.3. The third-order valence-corrected chi connectivity index (χ3v) is 6.23. The summed E-state index contributed by atoms with van der Waals surface area (Å²) >= 11 is 0. The van der Waals surface area contributed by atoms with Crippen LogP contribution in [-0.4, -0.2) is 50.6 Å². The van der Waals surface area contributed by atoms with Gasteiger partial charge in [0.2, 0.25) is 0 Å². The number of rotatable bonds is 7. The van der Waals surface area contributed by atoms with Gasteiger partial charge in [-0.05, 0) is 30.3 Å². The molecule has 3 N–H and O–H groups in total. The fraction of sp³-hybridized carbons (Fsp3) is 0.185. The first-order valence-corrected chi connectivity index (χ1v) is 10.9. The van der Waals surface area contributed by atoms with E-state index in [0.29, 0.717) is 34.1 Å². The highest BCUT2D eigenvalue weighted by Gasteiger charge is 2.31. The third-order valence-electron chi connectivity index (χ3n) is 6.23. The van der Waals surface area contributed by atoms with E-state index in [-0.39, 0.29) is 5.75 Å². The molecule has 5 aromatic rings. The molecule has 8 heteroatoms. The van der Waals surface area contributed by atoms with Gasteiger partial charge >= 0.3 is 0 Å². The van der Waals surface area contributed by atoms with E-state index < -0.39 is 0 Å². The molecule has 0 bridgehead atoms. The lowest BCUT2D eigenvalue weighted by Gasteiger charge is -2.23. The Labute approximate surface area is 202 Å². The van der Waals surface area contributed by atoms with Crippen LogP contribution in [0.2, 0.25) is 0 Å². The number of phenols is 1. The smallest absolute Gasteiger partial charge is 0.173 e. The summed E-state index contributed by atoms with van der Waals surface area (Å²) in [6.45, 7) is 0. The van der Waals surface area contributed by atoms with E-state index in [2.05, 4.69) is 9.97 Å². The zero-order chi connectivity index (χ0) is 24.7. The average Bonchev–Trinajstić information content (AvgIpc) is 3.49. The summed E-state index contributed by atoms with van der Waals surface area (Å²) in [5.74, 6) is 2.84. The minimum absolute atomic E-state index is 0.154. The normalized spacial score (nSPS) is 11.1. The predicted molar refractivity (Wildman–Crippen MR) is 135 cm³/mol. The second-order valence-electron chi connectivity index (χ2n) is 7.93. The van der Waals surface area contributed by atoms with Crippen molar-refractivity contribution in [3.8, 4) is 56.8 Å². The molecule has 0 saturated carbocycles. The first-order chi connectivity index (χ1) is 17.1. The molecule has 5 rings (SSSR count). The van der Waals surface area contributed by atoms with Crippen molar-refractivity contribution in [3.63, 3.8) is 0 Å². The Morgan fingerprint density at radius 1 is 0.571 bits per heavy atom. The van der Waals surface area contributed by atoms with Crippen LogP contribution in [0, 0.1) is 0 Å². The summed E-state index contributed by atoms with van der Waals surface area (Å²) in [5.41, 5.74) is 4.72. The maximum absolute atomic E-state index is 10.1. The number of hydrogen-bond acceptors (Lipinski definition) is 6. The van der Waals surface area contributed by atoms with Crippen molar-refractivity contribution >= 4 is 21.8 Å². The Balaban J connectivity index is 1.88. The van der Waals surface area contributed by atoms with E-state index in [4.69, 9.17) is 23.7 Å². The molecule has 0 unspecified atom stereocenters. The van der Waals surface area contributed by atoms with Crippen LogP contribution in [-0.2, 0) is 0 Å².